The Morgan fingerprint density at radius 1 is 0.650 bits per heavy atom. The predicted molar refractivity (Wildman–Crippen MR) is 161 cm³/mol. The number of ether oxygens (including phenoxy) is 1. The van der Waals surface area contributed by atoms with Crippen molar-refractivity contribution in [3.8, 4) is 40.1 Å². The maximum Gasteiger partial charge on any atom is 0.131 e. The van der Waals surface area contributed by atoms with E-state index in [1.54, 1.807) is 0 Å². The highest BCUT2D eigenvalue weighted by Crippen LogP contribution is 2.52. The van der Waals surface area contributed by atoms with Gasteiger partial charge in [-0.25, -0.2) is 9.97 Å². The Kier molecular flexibility index (Phi) is 5.61. The molecule has 0 saturated carbocycles. The van der Waals surface area contributed by atoms with Crippen LogP contribution in [0.2, 0.25) is 0 Å². The summed E-state index contributed by atoms with van der Waals surface area (Å²) in [4.78, 5) is 10.2. The Morgan fingerprint density at radius 2 is 1.23 bits per heavy atom. The molecule has 4 nitrogen and oxygen atoms in total. The van der Waals surface area contributed by atoms with Gasteiger partial charge in [-0.05, 0) is 61.4 Å². The highest BCUT2D eigenvalue weighted by molar-refractivity contribution is 6.04. The minimum Gasteiger partial charge on any atom is -0.457 e. The molecule has 6 aromatic rings. The van der Waals surface area contributed by atoms with Gasteiger partial charge in [0, 0.05) is 38.4 Å². The fourth-order valence-electron chi connectivity index (χ4n) is 6.18. The first-order valence-corrected chi connectivity index (χ1v) is 13.8. The van der Waals surface area contributed by atoms with E-state index in [4.69, 9.17) is 20.0 Å². The van der Waals surface area contributed by atoms with Gasteiger partial charge in [0.25, 0.3) is 0 Å². The van der Waals surface area contributed by atoms with E-state index in [0.717, 1.165) is 68.7 Å². The van der Waals surface area contributed by atoms with Gasteiger partial charge >= 0.3 is 0 Å². The van der Waals surface area contributed by atoms with Crippen molar-refractivity contribution in [1.29, 1.82) is 5.26 Å². The van der Waals surface area contributed by atoms with Crippen LogP contribution in [0.3, 0.4) is 0 Å². The van der Waals surface area contributed by atoms with Crippen molar-refractivity contribution in [3.63, 3.8) is 0 Å². The number of para-hydroxylation sites is 1. The molecule has 0 unspecified atom stereocenters. The first-order chi connectivity index (χ1) is 19.6. The molecule has 4 heteroatoms. The standard InChI is InChI=1S/C36H27N3O/c1-3-36(4-2)28-7-5-6-8-32(28)40-33-20-17-27(21-29(33)36)31-19-16-26-14-13-25-15-18-30(38-34(25)35(26)39-31)24-11-9-23(22-37)10-12-24/h5-21H,3-4H2,1-2H3. The number of pyridine rings is 2. The second kappa shape index (κ2) is 9.32. The molecule has 192 valence electrons. The third-order valence-electron chi connectivity index (χ3n) is 8.45. The normalized spacial score (nSPS) is 13.3. The highest BCUT2D eigenvalue weighted by atomic mass is 16.5. The van der Waals surface area contributed by atoms with Crippen LogP contribution in [0.15, 0.2) is 103 Å². The van der Waals surface area contributed by atoms with Gasteiger partial charge in [-0.15, -0.1) is 0 Å². The Balaban J connectivity index is 1.37. The average molecular weight is 518 g/mol. The molecule has 40 heavy (non-hydrogen) atoms. The maximum absolute atomic E-state index is 9.16. The molecule has 3 heterocycles. The fourth-order valence-corrected chi connectivity index (χ4v) is 6.18. The lowest BCUT2D eigenvalue weighted by molar-refractivity contribution is 0.375. The molecule has 0 spiro atoms. The Morgan fingerprint density at radius 3 is 1.88 bits per heavy atom. The zero-order chi connectivity index (χ0) is 27.3. The zero-order valence-electron chi connectivity index (χ0n) is 22.5. The summed E-state index contributed by atoms with van der Waals surface area (Å²) < 4.78 is 6.38. The van der Waals surface area contributed by atoms with Gasteiger partial charge in [0.2, 0.25) is 0 Å². The Bertz CT molecular complexity index is 1960. The van der Waals surface area contributed by atoms with Crippen molar-refractivity contribution in [2.45, 2.75) is 32.1 Å². The summed E-state index contributed by atoms with van der Waals surface area (Å²) >= 11 is 0. The minimum absolute atomic E-state index is 0.110. The van der Waals surface area contributed by atoms with Crippen LogP contribution in [-0.4, -0.2) is 9.97 Å². The van der Waals surface area contributed by atoms with Crippen LogP contribution in [0.4, 0.5) is 0 Å². The van der Waals surface area contributed by atoms with E-state index in [9.17, 15) is 0 Å². The smallest absolute Gasteiger partial charge is 0.131 e. The van der Waals surface area contributed by atoms with Gasteiger partial charge in [0.1, 0.15) is 11.5 Å². The quantitative estimate of drug-likeness (QED) is 0.219. The van der Waals surface area contributed by atoms with Gasteiger partial charge < -0.3 is 4.74 Å². The number of nitriles is 1. The van der Waals surface area contributed by atoms with Crippen molar-refractivity contribution in [2.75, 3.05) is 0 Å². The van der Waals surface area contributed by atoms with Crippen molar-refractivity contribution in [1.82, 2.24) is 9.97 Å². The SMILES string of the molecule is CCC1(CC)c2ccccc2Oc2ccc(-c3ccc4ccc5ccc(-c6ccc(C#N)cc6)nc5c4n3)cc21. The number of nitrogens with zero attached hydrogens (tertiary/aromatic N) is 3. The topological polar surface area (TPSA) is 58.8 Å². The van der Waals surface area contributed by atoms with E-state index in [-0.39, 0.29) is 5.41 Å². The first kappa shape index (κ1) is 24.1. The van der Waals surface area contributed by atoms with Gasteiger partial charge in [0.15, 0.2) is 0 Å². The van der Waals surface area contributed by atoms with Crippen LogP contribution in [0.25, 0.3) is 44.3 Å². The summed E-state index contributed by atoms with van der Waals surface area (Å²) in [7, 11) is 0. The van der Waals surface area contributed by atoms with E-state index in [1.807, 2.05) is 36.4 Å². The molecule has 0 atom stereocenters. The summed E-state index contributed by atoms with van der Waals surface area (Å²) in [5.74, 6) is 1.87. The van der Waals surface area contributed by atoms with E-state index in [2.05, 4.69) is 86.6 Å². The summed E-state index contributed by atoms with van der Waals surface area (Å²) in [5, 5.41) is 11.3. The molecule has 0 N–H and O–H groups in total. The summed E-state index contributed by atoms with van der Waals surface area (Å²) in [5.41, 5.74) is 8.54. The largest absolute Gasteiger partial charge is 0.457 e. The van der Waals surface area contributed by atoms with Crippen LogP contribution in [0, 0.1) is 11.3 Å². The van der Waals surface area contributed by atoms with Crippen molar-refractivity contribution >= 4 is 21.8 Å². The van der Waals surface area contributed by atoms with Crippen molar-refractivity contribution in [2.24, 2.45) is 0 Å². The molecule has 1 aliphatic heterocycles. The lowest BCUT2D eigenvalue weighted by Gasteiger charge is -2.39. The van der Waals surface area contributed by atoms with E-state index < -0.39 is 0 Å². The molecule has 0 aliphatic carbocycles. The third-order valence-corrected chi connectivity index (χ3v) is 8.45. The summed E-state index contributed by atoms with van der Waals surface area (Å²) in [6.07, 6.45) is 1.97. The van der Waals surface area contributed by atoms with Gasteiger partial charge in [0.05, 0.1) is 34.1 Å². The summed E-state index contributed by atoms with van der Waals surface area (Å²) in [6, 6.07) is 37.1. The minimum atomic E-state index is -0.110. The molecule has 0 saturated heterocycles. The molecule has 1 aliphatic rings. The Hall–Kier alpha value is -5.01. The number of fused-ring (bicyclic) bond motifs is 5. The lowest BCUT2D eigenvalue weighted by atomic mass is 9.68. The molecule has 0 fully saturated rings. The zero-order valence-corrected chi connectivity index (χ0v) is 22.5. The third kappa shape index (κ3) is 3.66. The van der Waals surface area contributed by atoms with E-state index in [1.165, 1.54) is 11.1 Å². The van der Waals surface area contributed by atoms with Crippen LogP contribution in [0.5, 0.6) is 11.5 Å². The van der Waals surface area contributed by atoms with E-state index in [0.29, 0.717) is 5.56 Å². The number of aromatic nitrogens is 2. The average Bonchev–Trinajstić information content (AvgIpc) is 3.03. The van der Waals surface area contributed by atoms with Crippen molar-refractivity contribution < 1.29 is 4.74 Å². The molecule has 0 bridgehead atoms. The fraction of sp³-hybridized carbons (Fsp3) is 0.139. The predicted octanol–water partition coefficient (Wildman–Crippen LogP) is 9.20. The summed E-state index contributed by atoms with van der Waals surface area (Å²) in [6.45, 7) is 4.53. The van der Waals surface area contributed by atoms with Crippen LogP contribution < -0.4 is 4.74 Å². The van der Waals surface area contributed by atoms with Gasteiger partial charge in [-0.3, -0.25) is 0 Å². The van der Waals surface area contributed by atoms with Gasteiger partial charge in [-0.2, -0.15) is 5.26 Å². The molecule has 4 aromatic carbocycles. The first-order valence-electron chi connectivity index (χ1n) is 13.8. The van der Waals surface area contributed by atoms with Crippen molar-refractivity contribution in [3.05, 3.63) is 120 Å². The van der Waals surface area contributed by atoms with Gasteiger partial charge in [-0.1, -0.05) is 68.4 Å². The monoisotopic (exact) mass is 517 g/mol. The van der Waals surface area contributed by atoms with Crippen LogP contribution in [0.1, 0.15) is 43.4 Å². The molecule has 7 rings (SSSR count). The van der Waals surface area contributed by atoms with Crippen LogP contribution >= 0.6 is 0 Å². The second-order valence-electron chi connectivity index (χ2n) is 10.4. The van der Waals surface area contributed by atoms with Crippen LogP contribution in [-0.2, 0) is 5.41 Å². The molecular weight excluding hydrogens is 490 g/mol. The molecule has 0 amide bonds. The molecule has 0 radical (unpaired) electrons. The molecular formula is C36H27N3O. The lowest BCUT2D eigenvalue weighted by Crippen LogP contribution is -2.30. The van der Waals surface area contributed by atoms with E-state index >= 15 is 0 Å². The number of rotatable bonds is 4. The maximum atomic E-state index is 9.16. The number of benzene rings is 4. The number of hydrogen-bond donors (Lipinski definition) is 0. The Labute approximate surface area is 233 Å². The number of hydrogen-bond acceptors (Lipinski definition) is 4. The second-order valence-corrected chi connectivity index (χ2v) is 10.4. The molecule has 2 aromatic heterocycles. The highest BCUT2D eigenvalue weighted by Gasteiger charge is 2.39.